The van der Waals surface area contributed by atoms with Crippen LogP contribution in [0.4, 0.5) is 17.2 Å². The maximum absolute atomic E-state index is 13.8. The van der Waals surface area contributed by atoms with Gasteiger partial charge in [0.25, 0.3) is 5.91 Å². The van der Waals surface area contributed by atoms with Gasteiger partial charge in [-0.2, -0.15) is 0 Å². The van der Waals surface area contributed by atoms with Crippen molar-refractivity contribution < 1.29 is 21.6 Å². The summed E-state index contributed by atoms with van der Waals surface area (Å²) in [4.78, 5) is 22.5. The fourth-order valence-electron chi connectivity index (χ4n) is 5.74. The highest BCUT2D eigenvalue weighted by Gasteiger charge is 2.36. The molecule has 1 aromatic heterocycles. The maximum atomic E-state index is 13.8. The number of rotatable bonds is 5. The van der Waals surface area contributed by atoms with Gasteiger partial charge in [-0.3, -0.25) is 13.4 Å². The average Bonchev–Trinajstić information content (AvgIpc) is 3.59. The Hall–Kier alpha value is -2.57. The van der Waals surface area contributed by atoms with Crippen molar-refractivity contribution in [2.75, 3.05) is 64.3 Å². The minimum atomic E-state index is -3.57. The van der Waals surface area contributed by atoms with E-state index in [1.807, 2.05) is 6.20 Å². The molecule has 39 heavy (non-hydrogen) atoms. The van der Waals surface area contributed by atoms with Crippen LogP contribution in [0, 0.1) is 6.92 Å². The van der Waals surface area contributed by atoms with Crippen molar-refractivity contribution in [1.82, 2.24) is 9.88 Å². The molecule has 4 aliphatic rings. The predicted molar refractivity (Wildman–Crippen MR) is 154 cm³/mol. The van der Waals surface area contributed by atoms with Crippen molar-refractivity contribution in [2.24, 2.45) is 0 Å². The van der Waals surface area contributed by atoms with E-state index in [1.54, 1.807) is 23.1 Å². The molecule has 0 atom stereocenters. The number of amides is 1. The average molecular weight is 596 g/mol. The smallest absolute Gasteiger partial charge is 0.256 e. The number of halogens is 1. The molecule has 10 nitrogen and oxygen atoms in total. The Morgan fingerprint density at radius 2 is 1.51 bits per heavy atom. The fourth-order valence-corrected chi connectivity index (χ4v) is 8.87. The third-order valence-corrected chi connectivity index (χ3v) is 11.6. The molecule has 3 aliphatic heterocycles. The second-order valence-electron chi connectivity index (χ2n) is 10.7. The summed E-state index contributed by atoms with van der Waals surface area (Å²) < 4.78 is 53.4. The number of benzene rings is 1. The van der Waals surface area contributed by atoms with Crippen molar-refractivity contribution in [1.29, 1.82) is 0 Å². The molecule has 3 saturated heterocycles. The summed E-state index contributed by atoms with van der Waals surface area (Å²) >= 11 is 0. The molecule has 2 aromatic rings. The minimum absolute atomic E-state index is 0. The lowest BCUT2D eigenvalue weighted by Crippen LogP contribution is -2.49. The van der Waals surface area contributed by atoms with Gasteiger partial charge in [-0.1, -0.05) is 6.07 Å². The van der Waals surface area contributed by atoms with Crippen LogP contribution >= 0.6 is 12.4 Å². The Bertz CT molecular complexity index is 1490. The molecule has 0 radical (unpaired) electrons. The summed E-state index contributed by atoms with van der Waals surface area (Å²) in [6, 6.07) is 7.00. The van der Waals surface area contributed by atoms with Crippen LogP contribution in [-0.2, 0) is 20.0 Å². The zero-order valence-electron chi connectivity index (χ0n) is 22.0. The van der Waals surface area contributed by atoms with E-state index in [0.717, 1.165) is 11.4 Å². The molecule has 1 amide bonds. The van der Waals surface area contributed by atoms with Gasteiger partial charge in [0.05, 0.1) is 28.4 Å². The van der Waals surface area contributed by atoms with Crippen molar-refractivity contribution >= 4 is 55.6 Å². The van der Waals surface area contributed by atoms with Crippen LogP contribution in [0.25, 0.3) is 0 Å². The van der Waals surface area contributed by atoms with Gasteiger partial charge in [0.15, 0.2) is 0 Å². The molecule has 4 heterocycles. The molecular formula is C26H34ClN5O5S2. The fraction of sp³-hybridized carbons (Fsp3) is 0.538. The topological polar surface area (TPSA) is 111 Å². The molecule has 13 heteroatoms. The number of piperazine rings is 1. The van der Waals surface area contributed by atoms with Gasteiger partial charge in [-0.05, 0) is 67.9 Å². The second kappa shape index (κ2) is 10.4. The van der Waals surface area contributed by atoms with Crippen molar-refractivity contribution in [3.63, 3.8) is 0 Å². The summed E-state index contributed by atoms with van der Waals surface area (Å²) in [6.45, 7) is 4.95. The molecule has 1 aromatic carbocycles. The van der Waals surface area contributed by atoms with Crippen molar-refractivity contribution in [3.05, 3.63) is 47.2 Å². The highest BCUT2D eigenvalue weighted by molar-refractivity contribution is 7.93. The van der Waals surface area contributed by atoms with Gasteiger partial charge in [-0.15, -0.1) is 12.4 Å². The van der Waals surface area contributed by atoms with Gasteiger partial charge >= 0.3 is 0 Å². The first-order chi connectivity index (χ1) is 18.1. The van der Waals surface area contributed by atoms with E-state index in [0.29, 0.717) is 57.2 Å². The van der Waals surface area contributed by atoms with Crippen LogP contribution in [0.5, 0.6) is 0 Å². The number of pyridine rings is 1. The summed E-state index contributed by atoms with van der Waals surface area (Å²) in [6.07, 6.45) is 5.25. The molecule has 1 aliphatic carbocycles. The number of hydrogen-bond donors (Lipinski definition) is 0. The first kappa shape index (κ1) is 28.0. The van der Waals surface area contributed by atoms with Gasteiger partial charge in [0, 0.05) is 45.5 Å². The normalized spacial score (nSPS) is 22.2. The van der Waals surface area contributed by atoms with Gasteiger partial charge in [0.1, 0.15) is 5.82 Å². The van der Waals surface area contributed by atoms with Crippen molar-refractivity contribution in [3.8, 4) is 0 Å². The third kappa shape index (κ3) is 5.30. The zero-order chi connectivity index (χ0) is 26.7. The Labute approximate surface area is 236 Å². The summed E-state index contributed by atoms with van der Waals surface area (Å²) in [5.74, 6) is 1.41. The standard InChI is InChI=1S/C26H33N5O5S2.ClH/c1-19-16-23(20-4-5-20)25(27-18-19)28-10-12-29(13-11-28)26(32)22-7-6-21(30-8-2-14-37(30,33)34)17-24(22)31-9-3-15-38(31,35)36;/h6-7,16-18,20H,2-5,8-15H2,1H3;1H. The lowest BCUT2D eigenvalue weighted by Gasteiger charge is -2.37. The van der Waals surface area contributed by atoms with E-state index in [4.69, 9.17) is 4.98 Å². The van der Waals surface area contributed by atoms with Crippen LogP contribution in [0.2, 0.25) is 0 Å². The number of nitrogens with zero attached hydrogens (tertiary/aromatic N) is 5. The first-order valence-corrected chi connectivity index (χ1v) is 16.5. The van der Waals surface area contributed by atoms with E-state index in [2.05, 4.69) is 17.9 Å². The molecule has 0 unspecified atom stereocenters. The number of anilines is 3. The molecule has 6 rings (SSSR count). The number of aryl methyl sites for hydroxylation is 1. The quantitative estimate of drug-likeness (QED) is 0.522. The van der Waals surface area contributed by atoms with Crippen LogP contribution in [0.3, 0.4) is 0 Å². The largest absolute Gasteiger partial charge is 0.353 e. The molecule has 0 spiro atoms. The highest BCUT2D eigenvalue weighted by atomic mass is 35.5. The van der Waals surface area contributed by atoms with Crippen LogP contribution in [0.1, 0.15) is 53.1 Å². The zero-order valence-corrected chi connectivity index (χ0v) is 24.4. The van der Waals surface area contributed by atoms with Crippen molar-refractivity contribution in [2.45, 2.75) is 38.5 Å². The van der Waals surface area contributed by atoms with E-state index in [-0.39, 0.29) is 47.6 Å². The first-order valence-electron chi connectivity index (χ1n) is 13.3. The van der Waals surface area contributed by atoms with Gasteiger partial charge in [0.2, 0.25) is 20.0 Å². The van der Waals surface area contributed by atoms with Crippen LogP contribution < -0.4 is 13.5 Å². The number of hydrogen-bond acceptors (Lipinski definition) is 7. The summed E-state index contributed by atoms with van der Waals surface area (Å²) in [5.41, 5.74) is 3.40. The third-order valence-electron chi connectivity index (χ3n) is 7.88. The second-order valence-corrected chi connectivity index (χ2v) is 14.7. The molecule has 0 N–H and O–H groups in total. The number of sulfonamides is 2. The lowest BCUT2D eigenvalue weighted by molar-refractivity contribution is 0.0747. The maximum Gasteiger partial charge on any atom is 0.256 e. The number of aromatic nitrogens is 1. The molecule has 212 valence electrons. The monoisotopic (exact) mass is 595 g/mol. The Balaban J connectivity index is 0.00000308. The number of carbonyl (C=O) groups is 1. The van der Waals surface area contributed by atoms with Crippen LogP contribution in [0.15, 0.2) is 30.5 Å². The van der Waals surface area contributed by atoms with Gasteiger partial charge in [-0.25, -0.2) is 21.8 Å². The molecular weight excluding hydrogens is 562 g/mol. The van der Waals surface area contributed by atoms with E-state index in [1.165, 1.54) is 27.0 Å². The lowest BCUT2D eigenvalue weighted by atomic mass is 10.1. The Morgan fingerprint density at radius 3 is 2.10 bits per heavy atom. The summed E-state index contributed by atoms with van der Waals surface area (Å²) in [7, 11) is -7.02. The molecule has 1 saturated carbocycles. The molecule has 0 bridgehead atoms. The van der Waals surface area contributed by atoms with E-state index < -0.39 is 20.0 Å². The Morgan fingerprint density at radius 1 is 0.872 bits per heavy atom. The molecule has 4 fully saturated rings. The summed E-state index contributed by atoms with van der Waals surface area (Å²) in [5, 5.41) is 0. The Kier molecular flexibility index (Phi) is 7.49. The van der Waals surface area contributed by atoms with Crippen LogP contribution in [-0.4, -0.2) is 83.4 Å². The van der Waals surface area contributed by atoms with E-state index >= 15 is 0 Å². The SMILES string of the molecule is Cc1cnc(N2CCN(C(=O)c3ccc(N4CCCS4(=O)=O)cc3N3CCCS3(=O)=O)CC2)c(C2CC2)c1.Cl. The highest BCUT2D eigenvalue weighted by Crippen LogP contribution is 2.44. The number of carbonyl (C=O) groups excluding carboxylic acids is 1. The predicted octanol–water partition coefficient (Wildman–Crippen LogP) is 2.73. The van der Waals surface area contributed by atoms with E-state index in [9.17, 15) is 21.6 Å². The minimum Gasteiger partial charge on any atom is -0.353 e. The van der Waals surface area contributed by atoms with Gasteiger partial charge < -0.3 is 9.80 Å².